The molecule has 3 rings (SSSR count). The molecule has 0 aromatic carbocycles. The van der Waals surface area contributed by atoms with Crippen molar-refractivity contribution >= 4 is 33.9 Å². The molecule has 31 heavy (non-hydrogen) atoms. The van der Waals surface area contributed by atoms with Crippen LogP contribution < -0.4 is 15.4 Å². The number of hydrogen-bond donors (Lipinski definition) is 3. The number of amides is 1. The summed E-state index contributed by atoms with van der Waals surface area (Å²) in [4.78, 5) is 20.1. The van der Waals surface area contributed by atoms with Crippen LogP contribution in [0.1, 0.15) is 26.5 Å². The standard InChI is InChI=1S/C20H24N6O4S/c1-12(2)30-15-7-14(11-31(28)29)23-20(8-15)24-18-9-19(22-13(3)27)21-10-16(18)17-5-6-26(4)25-17/h5-10,12,31H,11H2,1-4H3,(H2,21,22,23,24,27). The van der Waals surface area contributed by atoms with Crippen LogP contribution >= 0.6 is 0 Å². The number of anilines is 3. The molecule has 0 atom stereocenters. The number of rotatable bonds is 8. The average molecular weight is 445 g/mol. The fraction of sp³-hybridized carbons (Fsp3) is 0.300. The van der Waals surface area contributed by atoms with E-state index in [2.05, 4.69) is 25.7 Å². The van der Waals surface area contributed by atoms with Gasteiger partial charge in [-0.15, -0.1) is 0 Å². The second-order valence-electron chi connectivity index (χ2n) is 7.13. The number of nitrogens with zero attached hydrogens (tertiary/aromatic N) is 4. The van der Waals surface area contributed by atoms with Gasteiger partial charge in [0.2, 0.25) is 5.91 Å². The van der Waals surface area contributed by atoms with Crippen molar-refractivity contribution in [3.63, 3.8) is 0 Å². The second-order valence-corrected chi connectivity index (χ2v) is 8.11. The Hall–Kier alpha value is -3.47. The number of nitrogens with one attached hydrogen (secondary N) is 2. The largest absolute Gasteiger partial charge is 0.491 e. The van der Waals surface area contributed by atoms with Gasteiger partial charge in [-0.1, -0.05) is 0 Å². The molecule has 0 bridgehead atoms. The van der Waals surface area contributed by atoms with Gasteiger partial charge in [-0.2, -0.15) is 5.10 Å². The van der Waals surface area contributed by atoms with Crippen LogP contribution in [0.15, 0.2) is 36.7 Å². The van der Waals surface area contributed by atoms with Crippen LogP contribution in [0.3, 0.4) is 0 Å². The highest BCUT2D eigenvalue weighted by atomic mass is 32.2. The molecule has 3 aromatic heterocycles. The summed E-state index contributed by atoms with van der Waals surface area (Å²) in [6.07, 6.45) is 3.30. The van der Waals surface area contributed by atoms with E-state index in [9.17, 15) is 13.2 Å². The molecular formula is C20H24N6O4S. The Morgan fingerprint density at radius 1 is 1.23 bits per heavy atom. The maximum atomic E-state index is 11.5. The monoisotopic (exact) mass is 444 g/mol. The van der Waals surface area contributed by atoms with E-state index in [0.717, 1.165) is 0 Å². The molecule has 0 aliphatic carbocycles. The highest BCUT2D eigenvalue weighted by molar-refractivity contribution is 7.71. The Kier molecular flexibility index (Phi) is 6.85. The van der Waals surface area contributed by atoms with E-state index in [-0.39, 0.29) is 17.8 Å². The van der Waals surface area contributed by atoms with Gasteiger partial charge in [-0.25, -0.2) is 18.4 Å². The third-order valence-electron chi connectivity index (χ3n) is 3.98. The van der Waals surface area contributed by atoms with E-state index < -0.39 is 10.7 Å². The summed E-state index contributed by atoms with van der Waals surface area (Å²) < 4.78 is 29.9. The van der Waals surface area contributed by atoms with Gasteiger partial charge in [0.05, 0.1) is 28.9 Å². The molecule has 0 fully saturated rings. The molecule has 3 aromatic rings. The summed E-state index contributed by atoms with van der Waals surface area (Å²) in [5, 5.41) is 10.3. The van der Waals surface area contributed by atoms with Gasteiger partial charge < -0.3 is 15.4 Å². The number of hydrogen-bond acceptors (Lipinski definition) is 8. The van der Waals surface area contributed by atoms with Crippen molar-refractivity contribution in [1.82, 2.24) is 19.7 Å². The maximum absolute atomic E-state index is 11.5. The zero-order valence-corrected chi connectivity index (χ0v) is 18.5. The van der Waals surface area contributed by atoms with Crippen molar-refractivity contribution in [2.45, 2.75) is 32.6 Å². The molecule has 0 saturated carbocycles. The van der Waals surface area contributed by atoms with Gasteiger partial charge in [0.25, 0.3) is 0 Å². The predicted octanol–water partition coefficient (Wildman–Crippen LogP) is 2.48. The number of aryl methyl sites for hydroxylation is 1. The average Bonchev–Trinajstić information content (AvgIpc) is 3.06. The van der Waals surface area contributed by atoms with E-state index in [1.165, 1.54) is 6.92 Å². The van der Waals surface area contributed by atoms with E-state index in [0.29, 0.717) is 40.0 Å². The van der Waals surface area contributed by atoms with Gasteiger partial charge in [0.15, 0.2) is 0 Å². The summed E-state index contributed by atoms with van der Waals surface area (Å²) in [5.74, 6) is 0.778. The topological polar surface area (TPSA) is 128 Å². The van der Waals surface area contributed by atoms with Crippen molar-refractivity contribution in [3.05, 3.63) is 42.4 Å². The minimum atomic E-state index is -2.65. The van der Waals surface area contributed by atoms with Crippen LogP contribution in [0.2, 0.25) is 0 Å². The highest BCUT2D eigenvalue weighted by Crippen LogP contribution is 2.31. The molecule has 3 heterocycles. The zero-order valence-electron chi connectivity index (χ0n) is 17.6. The van der Waals surface area contributed by atoms with Crippen molar-refractivity contribution in [2.75, 3.05) is 10.6 Å². The summed E-state index contributed by atoms with van der Waals surface area (Å²) in [5.41, 5.74) is 2.30. The van der Waals surface area contributed by atoms with Crippen LogP contribution in [0.5, 0.6) is 5.75 Å². The number of ether oxygens (including phenoxy) is 1. The van der Waals surface area contributed by atoms with Gasteiger partial charge in [-0.05, 0) is 19.9 Å². The molecule has 0 aliphatic rings. The minimum absolute atomic E-state index is 0.0968. The van der Waals surface area contributed by atoms with Gasteiger partial charge in [0.1, 0.15) is 28.1 Å². The molecule has 0 aliphatic heterocycles. The summed E-state index contributed by atoms with van der Waals surface area (Å²) >= 11 is 0. The quantitative estimate of drug-likeness (QED) is 0.452. The Balaban J connectivity index is 2.05. The maximum Gasteiger partial charge on any atom is 0.222 e. The first kappa shape index (κ1) is 22.2. The molecule has 0 saturated heterocycles. The number of carbonyl (C=O) groups is 1. The molecule has 164 valence electrons. The van der Waals surface area contributed by atoms with Gasteiger partial charge >= 0.3 is 0 Å². The first-order valence-corrected chi connectivity index (χ1v) is 10.9. The van der Waals surface area contributed by atoms with Gasteiger partial charge in [0, 0.05) is 50.1 Å². The van der Waals surface area contributed by atoms with Crippen molar-refractivity contribution < 1.29 is 17.9 Å². The predicted molar refractivity (Wildman–Crippen MR) is 118 cm³/mol. The van der Waals surface area contributed by atoms with E-state index in [1.54, 1.807) is 42.3 Å². The lowest BCUT2D eigenvalue weighted by Gasteiger charge is -2.15. The lowest BCUT2D eigenvalue weighted by Crippen LogP contribution is -2.09. The molecule has 0 radical (unpaired) electrons. The highest BCUT2D eigenvalue weighted by Gasteiger charge is 2.14. The molecule has 0 spiro atoms. The van der Waals surface area contributed by atoms with E-state index in [1.807, 2.05) is 19.9 Å². The fourth-order valence-electron chi connectivity index (χ4n) is 2.89. The number of thiol groups is 1. The summed E-state index contributed by atoms with van der Waals surface area (Å²) in [6, 6.07) is 6.78. The van der Waals surface area contributed by atoms with Crippen molar-refractivity contribution in [2.24, 2.45) is 7.05 Å². The van der Waals surface area contributed by atoms with Gasteiger partial charge in [-0.3, -0.25) is 9.48 Å². The molecule has 10 nitrogen and oxygen atoms in total. The Bertz CT molecular complexity index is 1160. The number of aromatic nitrogens is 4. The number of pyridine rings is 2. The van der Waals surface area contributed by atoms with Crippen molar-refractivity contribution in [1.29, 1.82) is 0 Å². The normalized spacial score (nSPS) is 11.0. The first-order chi connectivity index (χ1) is 14.7. The second kappa shape index (κ2) is 9.56. The van der Waals surface area contributed by atoms with E-state index >= 15 is 0 Å². The minimum Gasteiger partial charge on any atom is -0.491 e. The summed E-state index contributed by atoms with van der Waals surface area (Å²) in [7, 11) is -0.846. The summed E-state index contributed by atoms with van der Waals surface area (Å²) in [6.45, 7) is 5.15. The first-order valence-electron chi connectivity index (χ1n) is 9.53. The Morgan fingerprint density at radius 2 is 2.00 bits per heavy atom. The lowest BCUT2D eigenvalue weighted by molar-refractivity contribution is -0.114. The molecule has 11 heteroatoms. The smallest absolute Gasteiger partial charge is 0.222 e. The SMILES string of the molecule is CC(=O)Nc1cc(Nc2cc(OC(C)C)cc(C[SH](=O)=O)n2)c(-c2ccn(C)n2)cn1. The van der Waals surface area contributed by atoms with Crippen LogP contribution in [0.4, 0.5) is 17.3 Å². The third kappa shape index (κ3) is 6.25. The van der Waals surface area contributed by atoms with Crippen LogP contribution in [0, 0.1) is 0 Å². The zero-order chi connectivity index (χ0) is 22.5. The molecular weight excluding hydrogens is 420 g/mol. The van der Waals surface area contributed by atoms with Crippen LogP contribution in [-0.2, 0) is 28.3 Å². The van der Waals surface area contributed by atoms with Crippen molar-refractivity contribution in [3.8, 4) is 17.0 Å². The molecule has 0 unspecified atom stereocenters. The third-order valence-corrected chi connectivity index (χ3v) is 4.56. The Morgan fingerprint density at radius 3 is 2.61 bits per heavy atom. The number of carbonyl (C=O) groups excluding carboxylic acids is 1. The fourth-order valence-corrected chi connectivity index (χ4v) is 3.31. The lowest BCUT2D eigenvalue weighted by atomic mass is 10.1. The Labute approximate surface area is 181 Å². The van der Waals surface area contributed by atoms with Crippen LogP contribution in [-0.4, -0.2) is 40.2 Å². The van der Waals surface area contributed by atoms with E-state index in [4.69, 9.17) is 4.74 Å². The molecule has 2 N–H and O–H groups in total. The van der Waals surface area contributed by atoms with Crippen LogP contribution in [0.25, 0.3) is 11.3 Å². The molecule has 1 amide bonds.